The smallest absolute Gasteiger partial charge is 0.0177 e. The fourth-order valence-electron chi connectivity index (χ4n) is 8.71. The van der Waals surface area contributed by atoms with Crippen LogP contribution in [0.25, 0.3) is 0 Å². The Kier molecular flexibility index (Phi) is 4.65. The molecule has 8 unspecified atom stereocenters. The second-order valence-corrected chi connectivity index (χ2v) is 11.4. The third-order valence-corrected chi connectivity index (χ3v) is 9.76. The number of hydrogen-bond donors (Lipinski definition) is 0. The molecule has 0 heteroatoms. The number of allylic oxidation sites excluding steroid dienone is 2. The monoisotopic (exact) mass is 342 g/mol. The van der Waals surface area contributed by atoms with Crippen LogP contribution >= 0.6 is 0 Å². The van der Waals surface area contributed by atoms with Crippen LogP contribution in [0.3, 0.4) is 0 Å². The molecule has 0 aromatic heterocycles. The number of hydrogen-bond acceptors (Lipinski definition) is 0. The van der Waals surface area contributed by atoms with Gasteiger partial charge >= 0.3 is 0 Å². The lowest BCUT2D eigenvalue weighted by atomic mass is 9.45. The summed E-state index contributed by atoms with van der Waals surface area (Å²) in [6.07, 6.45) is 18.5. The Labute approximate surface area is 157 Å². The summed E-state index contributed by atoms with van der Waals surface area (Å²) in [6, 6.07) is 0. The van der Waals surface area contributed by atoms with E-state index in [2.05, 4.69) is 46.8 Å². The van der Waals surface area contributed by atoms with Gasteiger partial charge in [0.05, 0.1) is 0 Å². The summed E-state index contributed by atoms with van der Waals surface area (Å²) in [6.45, 7) is 12.8. The van der Waals surface area contributed by atoms with E-state index < -0.39 is 0 Å². The van der Waals surface area contributed by atoms with E-state index in [1.807, 2.05) is 0 Å². The molecule has 0 aromatic rings. The van der Waals surface area contributed by atoms with Gasteiger partial charge in [0.15, 0.2) is 0 Å². The van der Waals surface area contributed by atoms with Crippen molar-refractivity contribution >= 4 is 0 Å². The predicted octanol–water partition coefficient (Wildman–Crippen LogP) is 7.49. The summed E-state index contributed by atoms with van der Waals surface area (Å²) >= 11 is 0. The van der Waals surface area contributed by atoms with Gasteiger partial charge in [0.2, 0.25) is 0 Å². The molecule has 3 fully saturated rings. The average Bonchev–Trinajstić information content (AvgIpc) is 2.91. The largest absolute Gasteiger partial charge is 0.0882 e. The van der Waals surface area contributed by atoms with Gasteiger partial charge in [-0.25, -0.2) is 0 Å². The minimum atomic E-state index is 0.626. The van der Waals surface area contributed by atoms with Gasteiger partial charge in [0, 0.05) is 0 Å². The first-order valence-electron chi connectivity index (χ1n) is 11.5. The van der Waals surface area contributed by atoms with E-state index in [1.54, 1.807) is 6.42 Å². The highest BCUT2D eigenvalue weighted by Crippen LogP contribution is 2.67. The zero-order valence-electron chi connectivity index (χ0n) is 17.6. The van der Waals surface area contributed by atoms with Crippen LogP contribution in [-0.4, -0.2) is 0 Å². The Balaban J connectivity index is 1.56. The fourth-order valence-corrected chi connectivity index (χ4v) is 8.71. The molecule has 0 spiro atoms. The minimum Gasteiger partial charge on any atom is -0.0882 e. The molecule has 0 saturated heterocycles. The molecule has 25 heavy (non-hydrogen) atoms. The molecule has 4 aliphatic carbocycles. The molecule has 142 valence electrons. The van der Waals surface area contributed by atoms with Crippen molar-refractivity contribution in [2.75, 3.05) is 0 Å². The van der Waals surface area contributed by atoms with E-state index in [4.69, 9.17) is 0 Å². The maximum atomic E-state index is 2.72. The van der Waals surface area contributed by atoms with Gasteiger partial charge in [-0.3, -0.25) is 0 Å². The molecule has 0 amide bonds. The first-order chi connectivity index (χ1) is 11.9. The molecule has 0 heterocycles. The highest BCUT2D eigenvalue weighted by molar-refractivity contribution is 5.13. The Morgan fingerprint density at radius 3 is 2.40 bits per heavy atom. The zero-order valence-corrected chi connectivity index (χ0v) is 17.6. The fraction of sp³-hybridized carbons (Fsp3) is 0.920. The van der Waals surface area contributed by atoms with Crippen LogP contribution in [-0.2, 0) is 0 Å². The van der Waals surface area contributed by atoms with Crippen LogP contribution < -0.4 is 0 Å². The van der Waals surface area contributed by atoms with E-state index >= 15 is 0 Å². The van der Waals surface area contributed by atoms with Gasteiger partial charge in [-0.15, -0.1) is 0 Å². The van der Waals surface area contributed by atoms with E-state index in [0.29, 0.717) is 10.8 Å². The van der Waals surface area contributed by atoms with Crippen LogP contribution in [0.15, 0.2) is 12.2 Å². The molecule has 0 nitrogen and oxygen atoms in total. The highest BCUT2D eigenvalue weighted by atomic mass is 14.6. The van der Waals surface area contributed by atoms with Crippen molar-refractivity contribution in [2.45, 2.75) is 92.4 Å². The van der Waals surface area contributed by atoms with Crippen molar-refractivity contribution in [3.05, 3.63) is 12.2 Å². The molecule has 0 aliphatic heterocycles. The lowest BCUT2D eigenvalue weighted by molar-refractivity contribution is -0.0958. The summed E-state index contributed by atoms with van der Waals surface area (Å²) in [5.74, 6) is 6.78. The Morgan fingerprint density at radius 1 is 0.880 bits per heavy atom. The Hall–Kier alpha value is -0.260. The number of rotatable bonds is 3. The highest BCUT2D eigenvalue weighted by Gasteiger charge is 2.59. The van der Waals surface area contributed by atoms with Crippen molar-refractivity contribution in [3.8, 4) is 0 Å². The van der Waals surface area contributed by atoms with Gasteiger partial charge in [0.1, 0.15) is 0 Å². The van der Waals surface area contributed by atoms with Crippen LogP contribution in [0.2, 0.25) is 0 Å². The van der Waals surface area contributed by atoms with E-state index in [-0.39, 0.29) is 0 Å². The third kappa shape index (κ3) is 2.76. The normalized spacial score (nSPS) is 50.2. The maximum absolute atomic E-state index is 2.72. The SMILES string of the molecule is CC(C)CC(C)C1CCC2C3CCC4C=CCCC4(C)C3CCC12C. The molecule has 0 bridgehead atoms. The summed E-state index contributed by atoms with van der Waals surface area (Å²) in [7, 11) is 0. The summed E-state index contributed by atoms with van der Waals surface area (Å²) < 4.78 is 0. The van der Waals surface area contributed by atoms with E-state index in [0.717, 1.165) is 41.4 Å². The van der Waals surface area contributed by atoms with Crippen molar-refractivity contribution in [1.82, 2.24) is 0 Å². The summed E-state index contributed by atoms with van der Waals surface area (Å²) in [5.41, 5.74) is 1.28. The van der Waals surface area contributed by atoms with Gasteiger partial charge in [-0.05, 0) is 110 Å². The molecular formula is C25H42. The third-order valence-electron chi connectivity index (χ3n) is 9.76. The molecule has 3 saturated carbocycles. The van der Waals surface area contributed by atoms with Crippen LogP contribution in [0.5, 0.6) is 0 Å². The molecule has 0 aromatic carbocycles. The van der Waals surface area contributed by atoms with Gasteiger partial charge < -0.3 is 0 Å². The standard InChI is InChI=1S/C25H42/c1-17(2)16-18(3)21-11-12-22-20-10-9-19-8-6-7-14-24(19,4)23(20)13-15-25(21,22)5/h6,8,17-23H,7,9-16H2,1-5H3. The van der Waals surface area contributed by atoms with Crippen LogP contribution in [0.1, 0.15) is 92.4 Å². The van der Waals surface area contributed by atoms with Crippen molar-refractivity contribution in [1.29, 1.82) is 0 Å². The van der Waals surface area contributed by atoms with E-state index in [1.165, 1.54) is 51.4 Å². The van der Waals surface area contributed by atoms with Gasteiger partial charge in [-0.2, -0.15) is 0 Å². The second-order valence-electron chi connectivity index (χ2n) is 11.4. The Morgan fingerprint density at radius 2 is 1.64 bits per heavy atom. The lowest BCUT2D eigenvalue weighted by Gasteiger charge is -2.60. The van der Waals surface area contributed by atoms with Crippen molar-refractivity contribution < 1.29 is 0 Å². The predicted molar refractivity (Wildman–Crippen MR) is 108 cm³/mol. The molecule has 0 N–H and O–H groups in total. The van der Waals surface area contributed by atoms with Gasteiger partial charge in [-0.1, -0.05) is 46.8 Å². The van der Waals surface area contributed by atoms with Crippen LogP contribution in [0, 0.1) is 52.3 Å². The number of fused-ring (bicyclic) bond motifs is 5. The summed E-state index contributed by atoms with van der Waals surface area (Å²) in [5, 5.41) is 0. The zero-order chi connectivity index (χ0) is 17.8. The average molecular weight is 343 g/mol. The topological polar surface area (TPSA) is 0 Å². The first-order valence-corrected chi connectivity index (χ1v) is 11.5. The lowest BCUT2D eigenvalue weighted by Crippen LogP contribution is -2.52. The molecule has 8 atom stereocenters. The molecular weight excluding hydrogens is 300 g/mol. The summed E-state index contributed by atoms with van der Waals surface area (Å²) in [4.78, 5) is 0. The van der Waals surface area contributed by atoms with Crippen LogP contribution in [0.4, 0.5) is 0 Å². The van der Waals surface area contributed by atoms with Crippen molar-refractivity contribution in [2.24, 2.45) is 52.3 Å². The molecule has 4 rings (SSSR count). The quantitative estimate of drug-likeness (QED) is 0.466. The van der Waals surface area contributed by atoms with Gasteiger partial charge in [0.25, 0.3) is 0 Å². The molecule has 4 aliphatic rings. The second kappa shape index (κ2) is 6.42. The van der Waals surface area contributed by atoms with E-state index in [9.17, 15) is 0 Å². The maximum Gasteiger partial charge on any atom is -0.0177 e. The molecule has 0 radical (unpaired) electrons. The first kappa shape index (κ1) is 18.1. The minimum absolute atomic E-state index is 0.626. The Bertz CT molecular complexity index is 516. The van der Waals surface area contributed by atoms with Crippen molar-refractivity contribution in [3.63, 3.8) is 0 Å².